The van der Waals surface area contributed by atoms with E-state index >= 15 is 0 Å². The third kappa shape index (κ3) is 8.23. The first-order chi connectivity index (χ1) is 18.9. The summed E-state index contributed by atoms with van der Waals surface area (Å²) in [5.41, 5.74) is 1.85. The molecule has 0 radical (unpaired) electrons. The predicted molar refractivity (Wildman–Crippen MR) is 145 cm³/mol. The molecule has 1 saturated heterocycles. The average Bonchev–Trinajstić information content (AvgIpc) is 3.41. The molecular formula is C31H37FN2O5. The van der Waals surface area contributed by atoms with Gasteiger partial charge < -0.3 is 20.1 Å². The van der Waals surface area contributed by atoms with Crippen LogP contribution in [0.1, 0.15) is 43.2 Å². The van der Waals surface area contributed by atoms with Crippen molar-refractivity contribution in [2.24, 2.45) is 11.8 Å². The van der Waals surface area contributed by atoms with Gasteiger partial charge in [-0.15, -0.1) is 0 Å². The van der Waals surface area contributed by atoms with E-state index in [1.807, 2.05) is 42.5 Å². The van der Waals surface area contributed by atoms with Crippen molar-refractivity contribution in [1.29, 1.82) is 0 Å². The number of rotatable bonds is 8. The van der Waals surface area contributed by atoms with Crippen molar-refractivity contribution in [2.75, 3.05) is 19.8 Å². The molecule has 2 amide bonds. The Morgan fingerprint density at radius 3 is 2.46 bits per heavy atom. The fourth-order valence-corrected chi connectivity index (χ4v) is 5.36. The van der Waals surface area contributed by atoms with Crippen LogP contribution in [0.2, 0.25) is 0 Å². The van der Waals surface area contributed by atoms with Gasteiger partial charge in [-0.25, -0.2) is 4.39 Å². The minimum Gasteiger partial charge on any atom is -0.463 e. The van der Waals surface area contributed by atoms with Gasteiger partial charge in [0.15, 0.2) is 0 Å². The number of carbonyl (C=O) groups excluding carboxylic acids is 3. The SMILES string of the molecule is O=C(C[C@@H]1C/C=C/C[C@H](Cc2ccc(F)cc2)C(=O)OC[C@H]2CCCN2C1=O)N[C@H](CO)Cc1ccccc1. The monoisotopic (exact) mass is 536 g/mol. The number of ether oxygens (including phenoxy) is 1. The zero-order valence-electron chi connectivity index (χ0n) is 22.1. The van der Waals surface area contributed by atoms with Crippen LogP contribution in [0.25, 0.3) is 0 Å². The number of aliphatic hydroxyl groups excluding tert-OH is 1. The van der Waals surface area contributed by atoms with Crippen LogP contribution in [0, 0.1) is 17.7 Å². The molecule has 0 spiro atoms. The van der Waals surface area contributed by atoms with Crippen LogP contribution < -0.4 is 5.32 Å². The van der Waals surface area contributed by atoms with Crippen molar-refractivity contribution < 1.29 is 28.6 Å². The van der Waals surface area contributed by atoms with Crippen molar-refractivity contribution in [3.8, 4) is 0 Å². The number of allylic oxidation sites excluding steroid dienone is 2. The van der Waals surface area contributed by atoms with Gasteiger partial charge >= 0.3 is 5.97 Å². The summed E-state index contributed by atoms with van der Waals surface area (Å²) in [7, 11) is 0. The number of hydrogen-bond donors (Lipinski definition) is 2. The van der Waals surface area contributed by atoms with Crippen molar-refractivity contribution in [3.63, 3.8) is 0 Å². The minimum absolute atomic E-state index is 0.0104. The predicted octanol–water partition coefficient (Wildman–Crippen LogP) is 3.59. The normalized spacial score (nSPS) is 23.6. The third-order valence-corrected chi connectivity index (χ3v) is 7.51. The molecular weight excluding hydrogens is 499 g/mol. The molecule has 208 valence electrons. The van der Waals surface area contributed by atoms with Gasteiger partial charge in [0.1, 0.15) is 12.4 Å². The maximum absolute atomic E-state index is 13.5. The Morgan fingerprint density at radius 1 is 1.03 bits per heavy atom. The Balaban J connectivity index is 1.44. The molecule has 2 aliphatic rings. The summed E-state index contributed by atoms with van der Waals surface area (Å²) in [5, 5.41) is 12.7. The second-order valence-electron chi connectivity index (χ2n) is 10.5. The smallest absolute Gasteiger partial charge is 0.309 e. The molecule has 7 nitrogen and oxygen atoms in total. The summed E-state index contributed by atoms with van der Waals surface area (Å²) in [5.74, 6) is -2.02. The maximum atomic E-state index is 13.5. The summed E-state index contributed by atoms with van der Waals surface area (Å²) in [4.78, 5) is 41.2. The molecule has 39 heavy (non-hydrogen) atoms. The second-order valence-corrected chi connectivity index (χ2v) is 10.5. The Bertz CT molecular complexity index is 1140. The molecule has 2 heterocycles. The Kier molecular flexibility index (Phi) is 10.3. The van der Waals surface area contributed by atoms with E-state index in [-0.39, 0.29) is 49.3 Å². The number of cyclic esters (lactones) is 1. The number of carbonyl (C=O) groups is 3. The molecule has 2 aromatic carbocycles. The molecule has 2 aliphatic heterocycles. The van der Waals surface area contributed by atoms with Crippen LogP contribution in [-0.2, 0) is 32.0 Å². The lowest BCUT2D eigenvalue weighted by Gasteiger charge is -2.29. The Hall–Kier alpha value is -3.52. The number of esters is 1. The first-order valence-electron chi connectivity index (χ1n) is 13.7. The van der Waals surface area contributed by atoms with Crippen LogP contribution >= 0.6 is 0 Å². The van der Waals surface area contributed by atoms with Crippen LogP contribution in [0.3, 0.4) is 0 Å². The molecule has 0 bridgehead atoms. The molecule has 8 heteroatoms. The minimum atomic E-state index is -0.552. The van der Waals surface area contributed by atoms with E-state index in [1.165, 1.54) is 12.1 Å². The lowest BCUT2D eigenvalue weighted by molar-refractivity contribution is -0.152. The highest BCUT2D eigenvalue weighted by molar-refractivity contribution is 5.86. The zero-order chi connectivity index (χ0) is 27.6. The van der Waals surface area contributed by atoms with E-state index in [0.717, 1.165) is 24.0 Å². The van der Waals surface area contributed by atoms with E-state index in [0.29, 0.717) is 32.2 Å². The molecule has 2 aromatic rings. The quantitative estimate of drug-likeness (QED) is 0.397. The van der Waals surface area contributed by atoms with Crippen LogP contribution in [0.15, 0.2) is 66.7 Å². The van der Waals surface area contributed by atoms with Gasteiger partial charge in [-0.3, -0.25) is 14.4 Å². The molecule has 0 saturated carbocycles. The summed E-state index contributed by atoms with van der Waals surface area (Å²) in [6, 6.07) is 15.1. The molecule has 4 rings (SSSR count). The molecule has 0 aromatic heterocycles. The number of hydrogen-bond acceptors (Lipinski definition) is 5. The van der Waals surface area contributed by atoms with Gasteiger partial charge in [0, 0.05) is 13.0 Å². The summed E-state index contributed by atoms with van der Waals surface area (Å²) >= 11 is 0. The van der Waals surface area contributed by atoms with E-state index in [1.54, 1.807) is 17.0 Å². The first kappa shape index (κ1) is 28.5. The molecule has 1 fully saturated rings. The fraction of sp³-hybridized carbons (Fsp3) is 0.452. The van der Waals surface area contributed by atoms with Crippen LogP contribution in [0.5, 0.6) is 0 Å². The number of aliphatic hydroxyl groups is 1. The highest BCUT2D eigenvalue weighted by Gasteiger charge is 2.35. The third-order valence-electron chi connectivity index (χ3n) is 7.51. The van der Waals surface area contributed by atoms with Crippen molar-refractivity contribution in [1.82, 2.24) is 10.2 Å². The Labute approximate surface area is 229 Å². The van der Waals surface area contributed by atoms with Gasteiger partial charge in [0.25, 0.3) is 0 Å². The van der Waals surface area contributed by atoms with Gasteiger partial charge in [0.05, 0.1) is 30.5 Å². The van der Waals surface area contributed by atoms with Gasteiger partial charge in [0.2, 0.25) is 11.8 Å². The fourth-order valence-electron chi connectivity index (χ4n) is 5.36. The van der Waals surface area contributed by atoms with Gasteiger partial charge in [-0.2, -0.15) is 0 Å². The number of amides is 2. The van der Waals surface area contributed by atoms with Gasteiger partial charge in [-0.05, 0) is 61.8 Å². The second kappa shape index (κ2) is 14.0. The van der Waals surface area contributed by atoms with Crippen molar-refractivity contribution in [2.45, 2.75) is 57.0 Å². The number of fused-ring (bicyclic) bond motifs is 1. The number of nitrogens with zero attached hydrogens (tertiary/aromatic N) is 1. The molecule has 2 N–H and O–H groups in total. The highest BCUT2D eigenvalue weighted by Crippen LogP contribution is 2.25. The first-order valence-corrected chi connectivity index (χ1v) is 13.7. The largest absolute Gasteiger partial charge is 0.463 e. The van der Waals surface area contributed by atoms with Crippen molar-refractivity contribution in [3.05, 3.63) is 83.7 Å². The summed E-state index contributed by atoms with van der Waals surface area (Å²) in [6.45, 7) is 0.486. The van der Waals surface area contributed by atoms with E-state index < -0.39 is 17.9 Å². The van der Waals surface area contributed by atoms with Crippen LogP contribution in [-0.4, -0.2) is 59.6 Å². The summed E-state index contributed by atoms with van der Waals surface area (Å²) < 4.78 is 19.0. The number of benzene rings is 2. The average molecular weight is 537 g/mol. The Morgan fingerprint density at radius 2 is 1.74 bits per heavy atom. The topological polar surface area (TPSA) is 95.9 Å². The van der Waals surface area contributed by atoms with E-state index in [4.69, 9.17) is 4.74 Å². The molecule has 4 atom stereocenters. The number of nitrogens with one attached hydrogen (secondary N) is 1. The molecule has 0 aliphatic carbocycles. The lowest BCUT2D eigenvalue weighted by atomic mass is 9.94. The van der Waals surface area contributed by atoms with Crippen LogP contribution in [0.4, 0.5) is 4.39 Å². The van der Waals surface area contributed by atoms with E-state index in [9.17, 15) is 23.9 Å². The van der Waals surface area contributed by atoms with Gasteiger partial charge in [-0.1, -0.05) is 54.6 Å². The zero-order valence-corrected chi connectivity index (χ0v) is 22.1. The number of halogens is 1. The summed E-state index contributed by atoms with van der Waals surface area (Å²) in [6.07, 6.45) is 6.99. The lowest BCUT2D eigenvalue weighted by Crippen LogP contribution is -2.45. The standard InChI is InChI=1S/C31H37FN2O5/c32-26-14-12-23(13-15-26)17-25-10-5-4-9-24(30(37)34-16-6-11-28(34)21-39-31(25)38)19-29(36)33-27(20-35)18-22-7-2-1-3-8-22/h1-5,7-8,12-15,24-25,27-28,35H,6,9-11,16-21H2,(H,33,36)/b5-4+/t24-,25+,27-,28+/m0/s1. The maximum Gasteiger partial charge on any atom is 0.309 e. The van der Waals surface area contributed by atoms with Crippen molar-refractivity contribution >= 4 is 17.8 Å². The molecule has 0 unspecified atom stereocenters. The highest BCUT2D eigenvalue weighted by atomic mass is 19.1. The van der Waals surface area contributed by atoms with E-state index in [2.05, 4.69) is 5.32 Å².